The number of quaternary nitrogens is 1. The number of nitrogens with zero attached hydrogens (tertiary/aromatic N) is 1. The summed E-state index contributed by atoms with van der Waals surface area (Å²) in [4.78, 5) is 16.1. The Balaban J connectivity index is 1.38. The molecular weight excluding hydrogens is 336 g/mol. The first-order valence-corrected chi connectivity index (χ1v) is 11.3. The highest BCUT2D eigenvalue weighted by molar-refractivity contribution is 7.91. The average molecular weight is 364 g/mol. The molecule has 5 nitrogen and oxygen atoms in total. The van der Waals surface area contributed by atoms with Crippen molar-refractivity contribution in [3.63, 3.8) is 0 Å². The first-order valence-electron chi connectivity index (χ1n) is 9.48. The van der Waals surface area contributed by atoms with Gasteiger partial charge in [0, 0.05) is 12.0 Å². The number of fused-ring (bicyclic) bond motifs is 1. The van der Waals surface area contributed by atoms with E-state index in [0.29, 0.717) is 11.5 Å². The Morgan fingerprint density at radius 3 is 2.48 bits per heavy atom. The van der Waals surface area contributed by atoms with E-state index < -0.39 is 9.84 Å². The number of hydrogen-bond donors (Lipinski definition) is 1. The number of aryl methyl sites for hydroxylation is 2. The Morgan fingerprint density at radius 1 is 1.08 bits per heavy atom. The SMILES string of the molecule is O=C(c1ccc2c(c1)CCCC2)N1CC[NH+]([C@H]2CCS(=O)(=O)C2)CC1. The van der Waals surface area contributed by atoms with E-state index in [1.54, 1.807) is 0 Å². The number of carbonyl (C=O) groups excluding carboxylic acids is 1. The number of carbonyl (C=O) groups is 1. The van der Waals surface area contributed by atoms with Gasteiger partial charge in [0.1, 0.15) is 11.8 Å². The van der Waals surface area contributed by atoms with Gasteiger partial charge in [-0.05, 0) is 48.9 Å². The number of piperazine rings is 1. The van der Waals surface area contributed by atoms with Gasteiger partial charge in [-0.3, -0.25) is 4.79 Å². The molecule has 1 aliphatic carbocycles. The fourth-order valence-electron chi connectivity index (χ4n) is 4.57. The van der Waals surface area contributed by atoms with Gasteiger partial charge in [-0.15, -0.1) is 0 Å². The first-order chi connectivity index (χ1) is 12.0. The molecule has 1 atom stereocenters. The summed E-state index contributed by atoms with van der Waals surface area (Å²) in [5.74, 6) is 0.784. The Bertz CT molecular complexity index is 767. The van der Waals surface area contributed by atoms with E-state index in [1.807, 2.05) is 11.0 Å². The zero-order valence-electron chi connectivity index (χ0n) is 14.7. The predicted molar refractivity (Wildman–Crippen MR) is 96.7 cm³/mol. The van der Waals surface area contributed by atoms with Crippen LogP contribution in [-0.2, 0) is 22.7 Å². The van der Waals surface area contributed by atoms with Crippen molar-refractivity contribution in [2.45, 2.75) is 38.1 Å². The average Bonchev–Trinajstić information content (AvgIpc) is 3.01. The van der Waals surface area contributed by atoms with Crippen LogP contribution < -0.4 is 4.90 Å². The van der Waals surface area contributed by atoms with E-state index in [4.69, 9.17) is 0 Å². The standard InChI is InChI=1S/C19H26N2O3S/c22-19(17-6-5-15-3-1-2-4-16(15)13-17)21-10-8-20(9-11-21)18-7-12-25(23,24)14-18/h5-6,13,18H,1-4,7-12,14H2/p+1/t18-/m0/s1. The summed E-state index contributed by atoms with van der Waals surface area (Å²) in [6, 6.07) is 6.44. The number of sulfone groups is 1. The highest BCUT2D eigenvalue weighted by Gasteiger charge is 2.37. The molecule has 2 heterocycles. The number of amides is 1. The maximum absolute atomic E-state index is 12.8. The monoisotopic (exact) mass is 363 g/mol. The Hall–Kier alpha value is -1.40. The second-order valence-corrected chi connectivity index (χ2v) is 9.97. The predicted octanol–water partition coefficient (Wildman–Crippen LogP) is 0.0932. The first kappa shape index (κ1) is 17.0. The lowest BCUT2D eigenvalue weighted by atomic mass is 9.90. The van der Waals surface area contributed by atoms with Crippen molar-refractivity contribution in [2.24, 2.45) is 0 Å². The van der Waals surface area contributed by atoms with Crippen molar-refractivity contribution in [3.8, 4) is 0 Å². The minimum Gasteiger partial charge on any atom is -0.329 e. The molecule has 1 N–H and O–H groups in total. The van der Waals surface area contributed by atoms with Crippen LogP contribution in [0.25, 0.3) is 0 Å². The molecule has 2 aliphatic heterocycles. The summed E-state index contributed by atoms with van der Waals surface area (Å²) in [5, 5.41) is 0. The van der Waals surface area contributed by atoms with Crippen LogP contribution in [0, 0.1) is 0 Å². The van der Waals surface area contributed by atoms with Crippen molar-refractivity contribution in [3.05, 3.63) is 34.9 Å². The lowest BCUT2D eigenvalue weighted by molar-refractivity contribution is -0.925. The summed E-state index contributed by atoms with van der Waals surface area (Å²) in [6.07, 6.45) is 5.47. The van der Waals surface area contributed by atoms with E-state index in [1.165, 1.54) is 28.9 Å². The molecule has 0 saturated carbocycles. The number of nitrogens with one attached hydrogen (secondary N) is 1. The smallest absolute Gasteiger partial charge is 0.254 e. The number of benzene rings is 1. The largest absolute Gasteiger partial charge is 0.329 e. The Labute approximate surface area is 149 Å². The molecule has 1 aromatic carbocycles. The molecule has 0 spiro atoms. The fraction of sp³-hybridized carbons (Fsp3) is 0.632. The summed E-state index contributed by atoms with van der Waals surface area (Å²) >= 11 is 0. The zero-order valence-corrected chi connectivity index (χ0v) is 15.5. The Morgan fingerprint density at radius 2 is 1.80 bits per heavy atom. The minimum atomic E-state index is -2.83. The molecule has 136 valence electrons. The molecule has 2 saturated heterocycles. The lowest BCUT2D eigenvalue weighted by Crippen LogP contribution is -3.18. The van der Waals surface area contributed by atoms with Crippen LogP contribution in [0.5, 0.6) is 0 Å². The van der Waals surface area contributed by atoms with E-state index >= 15 is 0 Å². The highest BCUT2D eigenvalue weighted by Crippen LogP contribution is 2.23. The van der Waals surface area contributed by atoms with Crippen molar-refractivity contribution in [1.29, 1.82) is 0 Å². The van der Waals surface area contributed by atoms with Gasteiger partial charge in [-0.2, -0.15) is 0 Å². The molecule has 2 fully saturated rings. The molecule has 0 unspecified atom stereocenters. The third-order valence-electron chi connectivity index (χ3n) is 6.10. The third-order valence-corrected chi connectivity index (χ3v) is 7.87. The number of hydrogen-bond acceptors (Lipinski definition) is 3. The van der Waals surface area contributed by atoms with Gasteiger partial charge in [0.25, 0.3) is 5.91 Å². The second kappa shape index (κ2) is 6.72. The molecule has 1 aromatic rings. The maximum Gasteiger partial charge on any atom is 0.254 e. The topological polar surface area (TPSA) is 58.9 Å². The van der Waals surface area contributed by atoms with Crippen molar-refractivity contribution in [1.82, 2.24) is 4.90 Å². The van der Waals surface area contributed by atoms with Gasteiger partial charge < -0.3 is 9.80 Å². The summed E-state index contributed by atoms with van der Waals surface area (Å²) < 4.78 is 23.4. The van der Waals surface area contributed by atoms with Crippen molar-refractivity contribution < 1.29 is 18.1 Å². The molecular formula is C19H27N2O3S+. The summed E-state index contributed by atoms with van der Waals surface area (Å²) in [6.45, 7) is 3.16. The quantitative estimate of drug-likeness (QED) is 0.810. The molecule has 0 bridgehead atoms. The van der Waals surface area contributed by atoms with E-state index in [-0.39, 0.29) is 11.9 Å². The van der Waals surface area contributed by atoms with Gasteiger partial charge in [-0.25, -0.2) is 8.42 Å². The third kappa shape index (κ3) is 3.60. The van der Waals surface area contributed by atoms with Crippen molar-refractivity contribution in [2.75, 3.05) is 37.7 Å². The van der Waals surface area contributed by atoms with Gasteiger partial charge in [-0.1, -0.05) is 6.07 Å². The summed E-state index contributed by atoms with van der Waals surface area (Å²) in [7, 11) is -2.83. The lowest BCUT2D eigenvalue weighted by Gasteiger charge is -2.35. The second-order valence-electron chi connectivity index (χ2n) is 7.74. The normalized spacial score (nSPS) is 26.4. The molecule has 0 aromatic heterocycles. The fourth-order valence-corrected chi connectivity index (χ4v) is 6.40. The van der Waals surface area contributed by atoms with Crippen LogP contribution in [0.1, 0.15) is 40.7 Å². The zero-order chi connectivity index (χ0) is 17.4. The minimum absolute atomic E-state index is 0.131. The van der Waals surface area contributed by atoms with Crippen molar-refractivity contribution >= 4 is 15.7 Å². The van der Waals surface area contributed by atoms with E-state index in [9.17, 15) is 13.2 Å². The molecule has 25 heavy (non-hydrogen) atoms. The summed E-state index contributed by atoms with van der Waals surface area (Å²) in [5.41, 5.74) is 3.56. The van der Waals surface area contributed by atoms with E-state index in [0.717, 1.165) is 51.0 Å². The molecule has 3 aliphatic rings. The van der Waals surface area contributed by atoms with Crippen LogP contribution >= 0.6 is 0 Å². The van der Waals surface area contributed by atoms with Crippen LogP contribution in [0.4, 0.5) is 0 Å². The molecule has 1 amide bonds. The van der Waals surface area contributed by atoms with Gasteiger partial charge in [0.15, 0.2) is 9.84 Å². The van der Waals surface area contributed by atoms with Gasteiger partial charge in [0.05, 0.1) is 31.9 Å². The molecule has 0 radical (unpaired) electrons. The van der Waals surface area contributed by atoms with Gasteiger partial charge in [0.2, 0.25) is 0 Å². The van der Waals surface area contributed by atoms with E-state index in [2.05, 4.69) is 12.1 Å². The highest BCUT2D eigenvalue weighted by atomic mass is 32.2. The molecule has 4 rings (SSSR count). The van der Waals surface area contributed by atoms with Crippen LogP contribution in [0.2, 0.25) is 0 Å². The van der Waals surface area contributed by atoms with Gasteiger partial charge >= 0.3 is 0 Å². The molecule has 6 heteroatoms. The van der Waals surface area contributed by atoms with Crippen LogP contribution in [0.15, 0.2) is 18.2 Å². The maximum atomic E-state index is 12.8. The Kier molecular flexibility index (Phi) is 4.58. The van der Waals surface area contributed by atoms with Crippen LogP contribution in [0.3, 0.4) is 0 Å². The number of rotatable bonds is 2. The van der Waals surface area contributed by atoms with Crippen LogP contribution in [-0.4, -0.2) is 63.0 Å².